The Kier molecular flexibility index (Phi) is 5.33. The quantitative estimate of drug-likeness (QED) is 0.488. The minimum Gasteiger partial charge on any atom is -0.494 e. The third kappa shape index (κ3) is 4.32. The maximum Gasteiger partial charge on any atom is 0.257 e. The topological polar surface area (TPSA) is 76.1 Å². The van der Waals surface area contributed by atoms with Gasteiger partial charge in [-0.1, -0.05) is 18.2 Å². The molecule has 2 aromatic heterocycles. The number of nitrogens with one attached hydrogen (secondary N) is 2. The number of nitrogens with zero attached hydrogens (tertiary/aromatic N) is 2. The molecule has 2 N–H and O–H groups in total. The molecule has 4 aromatic rings. The summed E-state index contributed by atoms with van der Waals surface area (Å²) in [5.74, 6) is 0.531. The lowest BCUT2D eigenvalue weighted by atomic mass is 10.2. The monoisotopic (exact) mass is 384 g/mol. The van der Waals surface area contributed by atoms with Gasteiger partial charge >= 0.3 is 0 Å². The average molecular weight is 384 g/mol. The number of rotatable bonds is 6. The number of para-hydroxylation sites is 1. The Morgan fingerprint density at radius 3 is 2.66 bits per heavy atom. The van der Waals surface area contributed by atoms with Crippen LogP contribution in [0.5, 0.6) is 5.75 Å². The number of hydrogen-bond acceptors (Lipinski definition) is 5. The smallest absolute Gasteiger partial charge is 0.257 e. The molecular weight excluding hydrogens is 364 g/mol. The Morgan fingerprint density at radius 1 is 1.00 bits per heavy atom. The normalized spacial score (nSPS) is 10.5. The van der Waals surface area contributed by atoms with Crippen LogP contribution in [0.4, 0.5) is 17.1 Å². The zero-order valence-electron chi connectivity index (χ0n) is 15.9. The van der Waals surface area contributed by atoms with Crippen molar-refractivity contribution in [2.75, 3.05) is 17.2 Å². The molecule has 6 heteroatoms. The molecule has 0 fully saturated rings. The van der Waals surface area contributed by atoms with Crippen molar-refractivity contribution in [1.82, 2.24) is 9.97 Å². The predicted molar refractivity (Wildman–Crippen MR) is 115 cm³/mol. The minimum absolute atomic E-state index is 0.235. The highest BCUT2D eigenvalue weighted by atomic mass is 16.5. The molecule has 0 saturated heterocycles. The molecule has 1 amide bonds. The SMILES string of the molecule is CCOc1ccc(NC(=O)c2cncc(Nc3cccc4cccnc34)c2)cc1. The van der Waals surface area contributed by atoms with Crippen LogP contribution in [0.25, 0.3) is 10.9 Å². The highest BCUT2D eigenvalue weighted by Gasteiger charge is 2.09. The maximum absolute atomic E-state index is 12.6. The van der Waals surface area contributed by atoms with Crippen LogP contribution in [0.15, 0.2) is 79.3 Å². The van der Waals surface area contributed by atoms with Gasteiger partial charge in [-0.05, 0) is 49.4 Å². The molecule has 0 aliphatic rings. The first-order valence-electron chi connectivity index (χ1n) is 9.33. The van der Waals surface area contributed by atoms with E-state index in [-0.39, 0.29) is 5.91 Å². The van der Waals surface area contributed by atoms with Crippen molar-refractivity contribution in [2.24, 2.45) is 0 Å². The number of ether oxygens (including phenoxy) is 1. The van der Waals surface area contributed by atoms with Crippen molar-refractivity contribution < 1.29 is 9.53 Å². The van der Waals surface area contributed by atoms with E-state index < -0.39 is 0 Å². The van der Waals surface area contributed by atoms with E-state index >= 15 is 0 Å². The zero-order chi connectivity index (χ0) is 20.1. The summed E-state index contributed by atoms with van der Waals surface area (Å²) in [7, 11) is 0. The fourth-order valence-corrected chi connectivity index (χ4v) is 3.00. The maximum atomic E-state index is 12.6. The van der Waals surface area contributed by atoms with Crippen LogP contribution in [0, 0.1) is 0 Å². The van der Waals surface area contributed by atoms with Gasteiger partial charge in [0.1, 0.15) is 5.75 Å². The largest absolute Gasteiger partial charge is 0.494 e. The molecular formula is C23H20N4O2. The molecule has 0 unspecified atom stereocenters. The molecule has 0 aliphatic heterocycles. The fraction of sp³-hybridized carbons (Fsp3) is 0.0870. The number of amides is 1. The lowest BCUT2D eigenvalue weighted by Crippen LogP contribution is -2.12. The number of fused-ring (bicyclic) bond motifs is 1. The van der Waals surface area contributed by atoms with Gasteiger partial charge in [0.15, 0.2) is 0 Å². The van der Waals surface area contributed by atoms with Crippen molar-refractivity contribution in [3.8, 4) is 5.75 Å². The summed E-state index contributed by atoms with van der Waals surface area (Å²) in [4.78, 5) is 21.3. The lowest BCUT2D eigenvalue weighted by molar-refractivity contribution is 0.102. The molecule has 0 saturated carbocycles. The summed E-state index contributed by atoms with van der Waals surface area (Å²) in [5.41, 5.74) is 3.57. The molecule has 2 heterocycles. The van der Waals surface area contributed by atoms with Crippen LogP contribution < -0.4 is 15.4 Å². The van der Waals surface area contributed by atoms with E-state index in [1.165, 1.54) is 6.20 Å². The fourth-order valence-electron chi connectivity index (χ4n) is 3.00. The molecule has 0 bridgehead atoms. The Hall–Kier alpha value is -3.93. The third-order valence-electron chi connectivity index (χ3n) is 4.34. The van der Waals surface area contributed by atoms with E-state index in [1.807, 2.05) is 49.4 Å². The summed E-state index contributed by atoms with van der Waals surface area (Å²) in [6.45, 7) is 2.53. The highest BCUT2D eigenvalue weighted by molar-refractivity contribution is 6.04. The Morgan fingerprint density at radius 2 is 1.83 bits per heavy atom. The van der Waals surface area contributed by atoms with Crippen molar-refractivity contribution >= 4 is 33.9 Å². The first kappa shape index (κ1) is 18.4. The van der Waals surface area contributed by atoms with Gasteiger partial charge in [0.05, 0.1) is 35.3 Å². The molecule has 29 heavy (non-hydrogen) atoms. The van der Waals surface area contributed by atoms with E-state index in [4.69, 9.17) is 4.74 Å². The number of benzene rings is 2. The second-order valence-electron chi connectivity index (χ2n) is 6.38. The van der Waals surface area contributed by atoms with E-state index in [0.29, 0.717) is 23.5 Å². The van der Waals surface area contributed by atoms with Crippen LogP contribution >= 0.6 is 0 Å². The van der Waals surface area contributed by atoms with Gasteiger partial charge in [-0.3, -0.25) is 14.8 Å². The summed E-state index contributed by atoms with van der Waals surface area (Å²) in [6.07, 6.45) is 4.97. The molecule has 4 rings (SSSR count). The predicted octanol–water partition coefficient (Wildman–Crippen LogP) is 5.02. The van der Waals surface area contributed by atoms with Gasteiger partial charge in [-0.2, -0.15) is 0 Å². The molecule has 144 valence electrons. The van der Waals surface area contributed by atoms with Gasteiger partial charge in [0.2, 0.25) is 0 Å². The van der Waals surface area contributed by atoms with E-state index in [1.54, 1.807) is 30.6 Å². The summed E-state index contributed by atoms with van der Waals surface area (Å²) in [6, 6.07) is 18.8. The van der Waals surface area contributed by atoms with Crippen molar-refractivity contribution in [3.63, 3.8) is 0 Å². The molecule has 0 radical (unpaired) electrons. The van der Waals surface area contributed by atoms with Crippen molar-refractivity contribution in [3.05, 3.63) is 84.8 Å². The third-order valence-corrected chi connectivity index (χ3v) is 4.34. The van der Waals surface area contributed by atoms with Crippen molar-refractivity contribution in [1.29, 1.82) is 0 Å². The van der Waals surface area contributed by atoms with Gasteiger partial charge in [-0.25, -0.2) is 0 Å². The molecule has 0 atom stereocenters. The van der Waals surface area contributed by atoms with E-state index in [9.17, 15) is 4.79 Å². The van der Waals surface area contributed by atoms with Crippen LogP contribution in [0.2, 0.25) is 0 Å². The Bertz CT molecular complexity index is 1140. The van der Waals surface area contributed by atoms with Crippen LogP contribution in [0.3, 0.4) is 0 Å². The van der Waals surface area contributed by atoms with Crippen LogP contribution in [-0.2, 0) is 0 Å². The number of anilines is 3. The summed E-state index contributed by atoms with van der Waals surface area (Å²) in [5, 5.41) is 7.22. The molecule has 6 nitrogen and oxygen atoms in total. The standard InChI is InChI=1S/C23H20N4O2/c1-2-29-20-10-8-18(9-11-20)27-23(28)17-13-19(15-24-14-17)26-21-7-3-5-16-6-4-12-25-22(16)21/h3-15,26H,2H2,1H3,(H,27,28). The average Bonchev–Trinajstić information content (AvgIpc) is 2.76. The minimum atomic E-state index is -0.235. The molecule has 0 spiro atoms. The lowest BCUT2D eigenvalue weighted by Gasteiger charge is -2.11. The summed E-state index contributed by atoms with van der Waals surface area (Å²) < 4.78 is 5.42. The Balaban J connectivity index is 1.51. The van der Waals surface area contributed by atoms with Crippen molar-refractivity contribution in [2.45, 2.75) is 6.92 Å². The number of carbonyl (C=O) groups excluding carboxylic acids is 1. The molecule has 2 aromatic carbocycles. The zero-order valence-corrected chi connectivity index (χ0v) is 15.9. The van der Waals surface area contributed by atoms with E-state index in [0.717, 1.165) is 22.3 Å². The molecule has 0 aliphatic carbocycles. The number of carbonyl (C=O) groups is 1. The first-order valence-corrected chi connectivity index (χ1v) is 9.33. The van der Waals surface area contributed by atoms with E-state index in [2.05, 4.69) is 20.6 Å². The van der Waals surface area contributed by atoms with Gasteiger partial charge < -0.3 is 15.4 Å². The number of pyridine rings is 2. The summed E-state index contributed by atoms with van der Waals surface area (Å²) >= 11 is 0. The second-order valence-corrected chi connectivity index (χ2v) is 6.38. The van der Waals surface area contributed by atoms with Gasteiger partial charge in [0.25, 0.3) is 5.91 Å². The number of aromatic nitrogens is 2. The highest BCUT2D eigenvalue weighted by Crippen LogP contribution is 2.25. The first-order chi connectivity index (χ1) is 14.2. The Labute approximate surface area is 168 Å². The van der Waals surface area contributed by atoms with Crippen LogP contribution in [-0.4, -0.2) is 22.5 Å². The van der Waals surface area contributed by atoms with Gasteiger partial charge in [-0.15, -0.1) is 0 Å². The second kappa shape index (κ2) is 8.39. The van der Waals surface area contributed by atoms with Crippen LogP contribution in [0.1, 0.15) is 17.3 Å². The van der Waals surface area contributed by atoms with Gasteiger partial charge in [0, 0.05) is 23.5 Å². The number of hydrogen-bond donors (Lipinski definition) is 2.